The molecule has 0 spiro atoms. The Kier molecular flexibility index (Phi) is 3.51. The molecule has 3 nitrogen and oxygen atoms in total. The fraction of sp³-hybridized carbons (Fsp3) is 0.250. The molecule has 1 radical (unpaired) electrons. The standard InChI is InChI=1S/C8H8NO2Se2/c1-5-3-7(9(10)11)8(13-12)4-6(5)2/h3-4H,1-2H3. The average molecular weight is 308 g/mol. The van der Waals surface area contributed by atoms with Gasteiger partial charge in [-0.1, -0.05) is 0 Å². The van der Waals surface area contributed by atoms with Crippen molar-refractivity contribution in [2.75, 3.05) is 0 Å². The molecule has 0 N–H and O–H groups in total. The Hall–Kier alpha value is -0.341. The van der Waals surface area contributed by atoms with Crippen LogP contribution in [-0.4, -0.2) is 32.2 Å². The third kappa shape index (κ3) is 2.32. The second kappa shape index (κ2) is 4.25. The Bertz CT molecular complexity index is 352. The molecule has 0 fully saturated rings. The first-order valence-corrected chi connectivity index (χ1v) is 8.80. The summed E-state index contributed by atoms with van der Waals surface area (Å²) in [5, 5.41) is 10.6. The molecular weight excluding hydrogens is 300 g/mol. The number of hydrogen-bond acceptors (Lipinski definition) is 2. The van der Waals surface area contributed by atoms with E-state index in [0.29, 0.717) is 0 Å². The van der Waals surface area contributed by atoms with Crippen molar-refractivity contribution in [3.8, 4) is 0 Å². The molecule has 0 saturated heterocycles. The number of nitro groups is 1. The van der Waals surface area contributed by atoms with E-state index in [2.05, 4.69) is 14.2 Å². The van der Waals surface area contributed by atoms with Crippen molar-refractivity contribution < 1.29 is 4.92 Å². The van der Waals surface area contributed by atoms with Crippen LogP contribution in [0.3, 0.4) is 0 Å². The van der Waals surface area contributed by atoms with Crippen LogP contribution in [0.2, 0.25) is 0 Å². The fourth-order valence-corrected chi connectivity index (χ4v) is 3.37. The second-order valence-corrected chi connectivity index (χ2v) is 5.83. The number of aryl methyl sites for hydroxylation is 2. The SMILES string of the molecule is Cc1cc([Se][Se])c([N+](=O)[O-])cc1C. The quantitative estimate of drug-likeness (QED) is 0.457. The van der Waals surface area contributed by atoms with Gasteiger partial charge >= 0.3 is 89.6 Å². The Morgan fingerprint density at radius 1 is 1.38 bits per heavy atom. The van der Waals surface area contributed by atoms with Gasteiger partial charge in [0, 0.05) is 0 Å². The third-order valence-electron chi connectivity index (χ3n) is 1.86. The first-order chi connectivity index (χ1) is 6.06. The Labute approximate surface area is 89.6 Å². The van der Waals surface area contributed by atoms with Crippen LogP contribution in [-0.2, 0) is 0 Å². The predicted molar refractivity (Wildman–Crippen MR) is 53.7 cm³/mol. The summed E-state index contributed by atoms with van der Waals surface area (Å²) < 4.78 is 0.820. The van der Waals surface area contributed by atoms with E-state index < -0.39 is 0 Å². The minimum absolute atomic E-state index is 0.0564. The van der Waals surface area contributed by atoms with Gasteiger partial charge in [0.25, 0.3) is 0 Å². The molecule has 0 amide bonds. The van der Waals surface area contributed by atoms with E-state index in [9.17, 15) is 10.1 Å². The first kappa shape index (κ1) is 10.7. The second-order valence-electron chi connectivity index (χ2n) is 2.74. The summed E-state index contributed by atoms with van der Waals surface area (Å²) in [6.07, 6.45) is 0. The fourth-order valence-electron chi connectivity index (χ4n) is 0.984. The summed E-state index contributed by atoms with van der Waals surface area (Å²) in [6, 6.07) is 3.54. The predicted octanol–water partition coefficient (Wildman–Crippen LogP) is 0.625. The summed E-state index contributed by atoms with van der Waals surface area (Å²) in [6.45, 7) is 3.85. The van der Waals surface area contributed by atoms with Gasteiger partial charge in [-0.3, -0.25) is 0 Å². The van der Waals surface area contributed by atoms with Crippen LogP contribution in [0.1, 0.15) is 11.1 Å². The number of nitro benzene ring substituents is 1. The van der Waals surface area contributed by atoms with Crippen molar-refractivity contribution in [2.24, 2.45) is 0 Å². The van der Waals surface area contributed by atoms with E-state index in [1.165, 1.54) is 0 Å². The van der Waals surface area contributed by atoms with Gasteiger partial charge in [-0.25, -0.2) is 0 Å². The summed E-state index contributed by atoms with van der Waals surface area (Å²) in [5.74, 6) is 0. The number of benzene rings is 1. The molecule has 0 heterocycles. The Morgan fingerprint density at radius 2 is 1.92 bits per heavy atom. The molecular formula is C8H8NO2Se2. The van der Waals surface area contributed by atoms with Gasteiger partial charge in [0.15, 0.2) is 0 Å². The van der Waals surface area contributed by atoms with Gasteiger partial charge in [-0.05, 0) is 0 Å². The maximum atomic E-state index is 10.6. The molecule has 0 atom stereocenters. The van der Waals surface area contributed by atoms with E-state index in [1.807, 2.05) is 19.9 Å². The molecule has 13 heavy (non-hydrogen) atoms. The molecule has 0 aliphatic heterocycles. The zero-order chi connectivity index (χ0) is 10.0. The van der Waals surface area contributed by atoms with Crippen LogP contribution in [0.25, 0.3) is 0 Å². The maximum absolute atomic E-state index is 10.6. The zero-order valence-electron chi connectivity index (χ0n) is 7.23. The molecule has 0 aliphatic rings. The van der Waals surface area contributed by atoms with Crippen molar-refractivity contribution in [2.45, 2.75) is 13.8 Å². The molecule has 69 valence electrons. The minimum atomic E-state index is -0.319. The average Bonchev–Trinajstić information content (AvgIpc) is 2.08. The van der Waals surface area contributed by atoms with Crippen LogP contribution in [0.15, 0.2) is 12.1 Å². The van der Waals surface area contributed by atoms with Crippen molar-refractivity contribution in [1.82, 2.24) is 0 Å². The van der Waals surface area contributed by atoms with E-state index in [-0.39, 0.29) is 23.7 Å². The number of nitrogens with zero attached hydrogens (tertiary/aromatic N) is 1. The van der Waals surface area contributed by atoms with Crippen molar-refractivity contribution in [3.05, 3.63) is 33.4 Å². The van der Waals surface area contributed by atoms with Crippen LogP contribution in [0, 0.1) is 24.0 Å². The Balaban J connectivity index is 3.33. The number of rotatable bonds is 2. The van der Waals surface area contributed by atoms with Crippen molar-refractivity contribution >= 4 is 37.5 Å². The zero-order valence-corrected chi connectivity index (χ0v) is 10.7. The van der Waals surface area contributed by atoms with E-state index >= 15 is 0 Å². The van der Waals surface area contributed by atoms with E-state index in [4.69, 9.17) is 0 Å². The third-order valence-corrected chi connectivity index (χ3v) is 4.88. The molecule has 0 unspecified atom stereocenters. The molecule has 0 bridgehead atoms. The molecule has 1 aromatic carbocycles. The molecule has 0 aliphatic carbocycles. The summed E-state index contributed by atoms with van der Waals surface area (Å²) in [4.78, 5) is 10.3. The number of hydrogen-bond donors (Lipinski definition) is 0. The van der Waals surface area contributed by atoms with E-state index in [0.717, 1.165) is 15.6 Å². The summed E-state index contributed by atoms with van der Waals surface area (Å²) in [7, 11) is 0. The van der Waals surface area contributed by atoms with Gasteiger partial charge in [0.05, 0.1) is 0 Å². The van der Waals surface area contributed by atoms with Gasteiger partial charge in [-0.2, -0.15) is 0 Å². The monoisotopic (exact) mass is 310 g/mol. The van der Waals surface area contributed by atoms with Crippen molar-refractivity contribution in [1.29, 1.82) is 0 Å². The topological polar surface area (TPSA) is 43.1 Å². The van der Waals surface area contributed by atoms with Crippen LogP contribution < -0.4 is 4.46 Å². The summed E-state index contributed by atoms with van der Waals surface area (Å²) in [5.41, 5.74) is 2.32. The van der Waals surface area contributed by atoms with Crippen LogP contribution in [0.4, 0.5) is 5.69 Å². The van der Waals surface area contributed by atoms with Gasteiger partial charge in [0.1, 0.15) is 0 Å². The van der Waals surface area contributed by atoms with Crippen molar-refractivity contribution in [3.63, 3.8) is 0 Å². The molecule has 1 aromatic rings. The van der Waals surface area contributed by atoms with Gasteiger partial charge < -0.3 is 0 Å². The first-order valence-electron chi connectivity index (χ1n) is 3.61. The molecule has 1 rings (SSSR count). The summed E-state index contributed by atoms with van der Waals surface area (Å²) >= 11 is 2.92. The van der Waals surface area contributed by atoms with Crippen LogP contribution >= 0.6 is 0 Å². The van der Waals surface area contributed by atoms with Gasteiger partial charge in [-0.15, -0.1) is 0 Å². The normalized spacial score (nSPS) is 10.1. The molecule has 0 saturated carbocycles. The molecule has 0 aromatic heterocycles. The van der Waals surface area contributed by atoms with E-state index in [1.54, 1.807) is 6.07 Å². The molecule has 5 heteroatoms. The van der Waals surface area contributed by atoms with Gasteiger partial charge in [0.2, 0.25) is 0 Å². The van der Waals surface area contributed by atoms with Crippen LogP contribution in [0.5, 0.6) is 0 Å². The Morgan fingerprint density at radius 3 is 2.38 bits per heavy atom.